The largest absolute Gasteiger partial charge is 0.371 e. The van der Waals surface area contributed by atoms with Crippen molar-refractivity contribution in [3.05, 3.63) is 34.4 Å². The first kappa shape index (κ1) is 12.3. The lowest BCUT2D eigenvalue weighted by atomic mass is 10.2. The lowest BCUT2D eigenvalue weighted by molar-refractivity contribution is -0.383. The summed E-state index contributed by atoms with van der Waals surface area (Å²) >= 11 is 0. The Morgan fingerprint density at radius 1 is 1.39 bits per heavy atom. The maximum Gasteiger partial charge on any atom is 0.292 e. The van der Waals surface area contributed by atoms with E-state index in [9.17, 15) is 14.9 Å². The molecular formula is C12H15N3O3. The predicted molar refractivity (Wildman–Crippen MR) is 67.3 cm³/mol. The zero-order valence-electron chi connectivity index (χ0n) is 9.89. The molecule has 0 atom stereocenters. The molecule has 1 fully saturated rings. The van der Waals surface area contributed by atoms with E-state index in [2.05, 4.69) is 10.6 Å². The number of anilines is 1. The summed E-state index contributed by atoms with van der Waals surface area (Å²) in [7, 11) is 0. The van der Waals surface area contributed by atoms with Crippen LogP contribution in [0, 0.1) is 16.0 Å². The summed E-state index contributed by atoms with van der Waals surface area (Å²) in [6.45, 7) is 0.759. The van der Waals surface area contributed by atoms with Gasteiger partial charge in [-0.15, -0.1) is 0 Å². The Morgan fingerprint density at radius 2 is 2.11 bits per heavy atom. The fourth-order valence-electron chi connectivity index (χ4n) is 1.60. The number of benzene rings is 1. The van der Waals surface area contributed by atoms with Crippen molar-refractivity contribution in [3.8, 4) is 0 Å². The highest BCUT2D eigenvalue weighted by Crippen LogP contribution is 2.27. The molecule has 0 heterocycles. The summed E-state index contributed by atoms with van der Waals surface area (Å²) < 4.78 is 0. The Kier molecular flexibility index (Phi) is 3.76. The van der Waals surface area contributed by atoms with Gasteiger partial charge in [0.15, 0.2) is 0 Å². The Labute approximate surface area is 105 Å². The first-order valence-corrected chi connectivity index (χ1v) is 5.91. The van der Waals surface area contributed by atoms with Crippen LogP contribution >= 0.6 is 0 Å². The van der Waals surface area contributed by atoms with E-state index in [1.54, 1.807) is 18.2 Å². The summed E-state index contributed by atoms with van der Waals surface area (Å²) in [4.78, 5) is 21.8. The van der Waals surface area contributed by atoms with Gasteiger partial charge in [0.25, 0.3) is 5.69 Å². The minimum Gasteiger partial charge on any atom is -0.371 e. The molecule has 18 heavy (non-hydrogen) atoms. The monoisotopic (exact) mass is 249 g/mol. The van der Waals surface area contributed by atoms with Gasteiger partial charge in [-0.3, -0.25) is 14.9 Å². The third kappa shape index (κ3) is 3.44. The third-order valence-electron chi connectivity index (χ3n) is 2.82. The van der Waals surface area contributed by atoms with E-state index in [-0.39, 0.29) is 18.1 Å². The lowest BCUT2D eigenvalue weighted by Crippen LogP contribution is -2.31. The van der Waals surface area contributed by atoms with Gasteiger partial charge in [0.2, 0.25) is 5.91 Å². The standard InChI is InChI=1S/C12H15N3O3/c16-12(14-7-9-5-6-9)8-13-10-3-1-2-4-11(10)15(17)18/h1-4,9,13H,5-8H2,(H,14,16). The Bertz CT molecular complexity index is 458. The van der Waals surface area contributed by atoms with Crippen LogP contribution in [0.2, 0.25) is 0 Å². The topological polar surface area (TPSA) is 84.3 Å². The second kappa shape index (κ2) is 5.48. The molecule has 6 nitrogen and oxygen atoms in total. The number of carbonyl (C=O) groups excluding carboxylic acids is 1. The van der Waals surface area contributed by atoms with Crippen molar-refractivity contribution in [2.75, 3.05) is 18.4 Å². The van der Waals surface area contributed by atoms with E-state index < -0.39 is 4.92 Å². The van der Waals surface area contributed by atoms with Gasteiger partial charge in [0, 0.05) is 12.6 Å². The molecular weight excluding hydrogens is 234 g/mol. The van der Waals surface area contributed by atoms with Crippen molar-refractivity contribution in [2.45, 2.75) is 12.8 Å². The quantitative estimate of drug-likeness (QED) is 0.591. The number of nitrogens with zero attached hydrogens (tertiary/aromatic N) is 1. The van der Waals surface area contributed by atoms with Gasteiger partial charge in [-0.2, -0.15) is 0 Å². The average Bonchev–Trinajstić information content (AvgIpc) is 3.18. The fourth-order valence-corrected chi connectivity index (χ4v) is 1.60. The number of nitrogens with one attached hydrogen (secondary N) is 2. The van der Waals surface area contributed by atoms with E-state index in [4.69, 9.17) is 0 Å². The number of rotatable bonds is 6. The van der Waals surface area contributed by atoms with Crippen LogP contribution in [0.1, 0.15) is 12.8 Å². The molecule has 0 radical (unpaired) electrons. The zero-order valence-corrected chi connectivity index (χ0v) is 9.89. The third-order valence-corrected chi connectivity index (χ3v) is 2.82. The van der Waals surface area contributed by atoms with Gasteiger partial charge in [0.05, 0.1) is 11.5 Å². The van der Waals surface area contributed by atoms with E-state index >= 15 is 0 Å². The van der Waals surface area contributed by atoms with Crippen molar-refractivity contribution in [1.82, 2.24) is 5.32 Å². The molecule has 6 heteroatoms. The van der Waals surface area contributed by atoms with Gasteiger partial charge in [-0.05, 0) is 24.8 Å². The van der Waals surface area contributed by atoms with Crippen LogP contribution in [0.25, 0.3) is 0 Å². The molecule has 1 aromatic carbocycles. The summed E-state index contributed by atoms with van der Waals surface area (Å²) in [5.41, 5.74) is 0.344. The second-order valence-electron chi connectivity index (χ2n) is 4.38. The highest BCUT2D eigenvalue weighted by molar-refractivity contribution is 5.81. The van der Waals surface area contributed by atoms with E-state index in [1.807, 2.05) is 0 Å². The van der Waals surface area contributed by atoms with Crippen LogP contribution in [0.4, 0.5) is 11.4 Å². The number of carbonyl (C=O) groups is 1. The van der Waals surface area contributed by atoms with Crippen molar-refractivity contribution in [2.24, 2.45) is 5.92 Å². The minimum atomic E-state index is -0.468. The number of hydrogen-bond acceptors (Lipinski definition) is 4. The lowest BCUT2D eigenvalue weighted by Gasteiger charge is -2.07. The summed E-state index contributed by atoms with van der Waals surface area (Å²) in [6, 6.07) is 6.28. The molecule has 0 bridgehead atoms. The van der Waals surface area contributed by atoms with Gasteiger partial charge >= 0.3 is 0 Å². The second-order valence-corrected chi connectivity index (χ2v) is 4.38. The molecule has 2 N–H and O–H groups in total. The highest BCUT2D eigenvalue weighted by atomic mass is 16.6. The molecule has 0 saturated heterocycles. The van der Waals surface area contributed by atoms with Crippen LogP contribution in [-0.2, 0) is 4.79 Å². The molecule has 0 aliphatic heterocycles. The van der Waals surface area contributed by atoms with E-state index in [1.165, 1.54) is 18.9 Å². The molecule has 0 unspecified atom stereocenters. The molecule has 0 spiro atoms. The normalized spacial score (nSPS) is 14.0. The molecule has 0 aromatic heterocycles. The van der Waals surface area contributed by atoms with E-state index in [0.717, 1.165) is 0 Å². The molecule has 1 aliphatic carbocycles. The smallest absolute Gasteiger partial charge is 0.292 e. The van der Waals surface area contributed by atoms with Crippen molar-refractivity contribution < 1.29 is 9.72 Å². The molecule has 1 saturated carbocycles. The Morgan fingerprint density at radius 3 is 2.78 bits per heavy atom. The van der Waals surface area contributed by atoms with Crippen LogP contribution in [0.3, 0.4) is 0 Å². The molecule has 1 aromatic rings. The summed E-state index contributed by atoms with van der Waals surface area (Å²) in [5.74, 6) is 0.486. The van der Waals surface area contributed by atoms with Crippen molar-refractivity contribution in [1.29, 1.82) is 0 Å². The maximum absolute atomic E-state index is 11.5. The molecule has 2 rings (SSSR count). The first-order valence-electron chi connectivity index (χ1n) is 5.91. The molecule has 1 aliphatic rings. The Hall–Kier alpha value is -2.11. The number of para-hydroxylation sites is 2. The summed E-state index contributed by atoms with van der Waals surface area (Å²) in [6.07, 6.45) is 2.36. The van der Waals surface area contributed by atoms with Gasteiger partial charge in [0.1, 0.15) is 5.69 Å². The van der Waals surface area contributed by atoms with Crippen LogP contribution < -0.4 is 10.6 Å². The molecule has 1 amide bonds. The van der Waals surface area contributed by atoms with Crippen molar-refractivity contribution in [3.63, 3.8) is 0 Å². The van der Waals surface area contributed by atoms with Gasteiger partial charge in [-0.25, -0.2) is 0 Å². The zero-order chi connectivity index (χ0) is 13.0. The van der Waals surface area contributed by atoms with Crippen LogP contribution in [0.5, 0.6) is 0 Å². The van der Waals surface area contributed by atoms with Gasteiger partial charge < -0.3 is 10.6 Å². The van der Waals surface area contributed by atoms with Gasteiger partial charge in [-0.1, -0.05) is 12.1 Å². The average molecular weight is 249 g/mol. The van der Waals surface area contributed by atoms with Crippen LogP contribution in [-0.4, -0.2) is 23.9 Å². The first-order chi connectivity index (χ1) is 8.66. The number of hydrogen-bond donors (Lipinski definition) is 2. The number of amides is 1. The number of nitro benzene ring substituents is 1. The Balaban J connectivity index is 1.84. The molecule has 96 valence electrons. The fraction of sp³-hybridized carbons (Fsp3) is 0.417. The SMILES string of the molecule is O=C(CNc1ccccc1[N+](=O)[O-])NCC1CC1. The summed E-state index contributed by atoms with van der Waals surface area (Å²) in [5, 5.41) is 16.3. The van der Waals surface area contributed by atoms with E-state index in [0.29, 0.717) is 18.2 Å². The number of nitro groups is 1. The van der Waals surface area contributed by atoms with Crippen LogP contribution in [0.15, 0.2) is 24.3 Å². The maximum atomic E-state index is 11.5. The predicted octanol–water partition coefficient (Wildman–Crippen LogP) is 1.53. The van der Waals surface area contributed by atoms with Crippen molar-refractivity contribution >= 4 is 17.3 Å². The highest BCUT2D eigenvalue weighted by Gasteiger charge is 2.21. The minimum absolute atomic E-state index is 0.0208.